The molecular formula is C10H17N3O2. The summed E-state index contributed by atoms with van der Waals surface area (Å²) in [5, 5.41) is 3.21. The third kappa shape index (κ3) is 2.12. The summed E-state index contributed by atoms with van der Waals surface area (Å²) in [6.07, 6.45) is 2.57. The van der Waals surface area contributed by atoms with E-state index in [0.717, 1.165) is 52.0 Å². The Morgan fingerprint density at radius 1 is 1.27 bits per heavy atom. The van der Waals surface area contributed by atoms with Gasteiger partial charge in [0.05, 0.1) is 0 Å². The normalized spacial score (nSPS) is 26.8. The topological polar surface area (TPSA) is 52.7 Å². The Morgan fingerprint density at radius 3 is 2.67 bits per heavy atom. The van der Waals surface area contributed by atoms with Crippen molar-refractivity contribution in [3.8, 4) is 0 Å². The van der Waals surface area contributed by atoms with E-state index in [1.54, 1.807) is 4.90 Å². The third-order valence-corrected chi connectivity index (χ3v) is 3.14. The molecule has 0 saturated carbocycles. The maximum absolute atomic E-state index is 12.1. The van der Waals surface area contributed by atoms with Gasteiger partial charge in [-0.2, -0.15) is 0 Å². The predicted molar refractivity (Wildman–Crippen MR) is 55.2 cm³/mol. The van der Waals surface area contributed by atoms with Gasteiger partial charge in [0, 0.05) is 32.7 Å². The van der Waals surface area contributed by atoms with Gasteiger partial charge >= 0.3 is 0 Å². The molecule has 2 saturated heterocycles. The molecule has 0 bridgehead atoms. The average Bonchev–Trinajstić information content (AvgIpc) is 2.77. The summed E-state index contributed by atoms with van der Waals surface area (Å²) in [5.74, 6) is 0.126. The quantitative estimate of drug-likeness (QED) is 0.598. The summed E-state index contributed by atoms with van der Waals surface area (Å²) in [7, 11) is 0. The predicted octanol–water partition coefficient (Wildman–Crippen LogP) is -0.961. The van der Waals surface area contributed by atoms with E-state index in [4.69, 9.17) is 0 Å². The highest BCUT2D eigenvalue weighted by Gasteiger charge is 2.33. The maximum Gasteiger partial charge on any atom is 0.245 e. The fourth-order valence-corrected chi connectivity index (χ4v) is 2.28. The molecule has 84 valence electrons. The average molecular weight is 211 g/mol. The summed E-state index contributed by atoms with van der Waals surface area (Å²) < 4.78 is 0. The van der Waals surface area contributed by atoms with E-state index in [2.05, 4.69) is 5.32 Å². The van der Waals surface area contributed by atoms with Crippen molar-refractivity contribution in [1.82, 2.24) is 15.1 Å². The van der Waals surface area contributed by atoms with Crippen LogP contribution < -0.4 is 5.32 Å². The van der Waals surface area contributed by atoms with Crippen LogP contribution in [0, 0.1) is 0 Å². The number of amides is 2. The first-order valence-corrected chi connectivity index (χ1v) is 5.53. The number of piperazine rings is 1. The molecule has 2 aliphatic heterocycles. The molecule has 1 N–H and O–H groups in total. The number of nitrogens with one attached hydrogen (secondary N) is 1. The Bertz CT molecular complexity index is 251. The highest BCUT2D eigenvalue weighted by atomic mass is 16.2. The van der Waals surface area contributed by atoms with Crippen molar-refractivity contribution in [3.63, 3.8) is 0 Å². The number of nitrogens with zero attached hydrogens (tertiary/aromatic N) is 2. The number of hydrogen-bond acceptors (Lipinski definition) is 3. The number of likely N-dealkylation sites (tertiary alicyclic amines) is 1. The molecule has 0 aromatic heterocycles. The van der Waals surface area contributed by atoms with Gasteiger partial charge in [-0.05, 0) is 12.8 Å². The van der Waals surface area contributed by atoms with Gasteiger partial charge < -0.3 is 15.1 Å². The molecule has 0 aliphatic carbocycles. The van der Waals surface area contributed by atoms with Crippen LogP contribution in [0.5, 0.6) is 0 Å². The van der Waals surface area contributed by atoms with Crippen molar-refractivity contribution in [2.24, 2.45) is 0 Å². The lowest BCUT2D eigenvalue weighted by atomic mass is 10.2. The van der Waals surface area contributed by atoms with E-state index in [1.165, 1.54) is 0 Å². The second-order valence-electron chi connectivity index (χ2n) is 4.08. The van der Waals surface area contributed by atoms with Crippen LogP contribution in [0.1, 0.15) is 12.8 Å². The monoisotopic (exact) mass is 211 g/mol. The summed E-state index contributed by atoms with van der Waals surface area (Å²) in [4.78, 5) is 26.3. The third-order valence-electron chi connectivity index (χ3n) is 3.14. The van der Waals surface area contributed by atoms with Gasteiger partial charge in [-0.15, -0.1) is 0 Å². The Labute approximate surface area is 89.4 Å². The van der Waals surface area contributed by atoms with Gasteiger partial charge in [-0.1, -0.05) is 0 Å². The lowest BCUT2D eigenvalue weighted by Crippen LogP contribution is -2.52. The van der Waals surface area contributed by atoms with E-state index >= 15 is 0 Å². The first-order valence-electron chi connectivity index (χ1n) is 5.53. The molecule has 0 radical (unpaired) electrons. The van der Waals surface area contributed by atoms with E-state index in [0.29, 0.717) is 0 Å². The molecule has 2 amide bonds. The van der Waals surface area contributed by atoms with Gasteiger partial charge in [0.1, 0.15) is 6.04 Å². The Balaban J connectivity index is 1.96. The minimum absolute atomic E-state index is 0.126. The van der Waals surface area contributed by atoms with E-state index in [-0.39, 0.29) is 11.9 Å². The fraction of sp³-hybridized carbons (Fsp3) is 0.800. The second-order valence-corrected chi connectivity index (χ2v) is 4.08. The van der Waals surface area contributed by atoms with Crippen LogP contribution >= 0.6 is 0 Å². The molecule has 1 atom stereocenters. The summed E-state index contributed by atoms with van der Waals surface area (Å²) in [5.41, 5.74) is 0. The zero-order chi connectivity index (χ0) is 10.7. The first kappa shape index (κ1) is 10.4. The van der Waals surface area contributed by atoms with Crippen LogP contribution in [0.4, 0.5) is 0 Å². The largest absolute Gasteiger partial charge is 0.338 e. The smallest absolute Gasteiger partial charge is 0.245 e. The molecule has 0 aromatic carbocycles. The first-order chi connectivity index (χ1) is 7.33. The van der Waals surface area contributed by atoms with Gasteiger partial charge in [0.2, 0.25) is 12.3 Å². The van der Waals surface area contributed by atoms with Crippen molar-refractivity contribution in [2.45, 2.75) is 18.9 Å². The SMILES string of the molecule is O=CN1CCC[C@H]1C(=O)N1CCNCC1. The number of rotatable bonds is 2. The molecule has 2 fully saturated rings. The van der Waals surface area contributed by atoms with Gasteiger partial charge in [0.25, 0.3) is 0 Å². The zero-order valence-electron chi connectivity index (χ0n) is 8.82. The minimum atomic E-state index is -0.194. The molecule has 2 rings (SSSR count). The summed E-state index contributed by atoms with van der Waals surface area (Å²) >= 11 is 0. The fourth-order valence-electron chi connectivity index (χ4n) is 2.28. The lowest BCUT2D eigenvalue weighted by molar-refractivity contribution is -0.139. The van der Waals surface area contributed by atoms with Crippen molar-refractivity contribution in [1.29, 1.82) is 0 Å². The molecule has 0 spiro atoms. The van der Waals surface area contributed by atoms with Crippen molar-refractivity contribution in [2.75, 3.05) is 32.7 Å². The summed E-state index contributed by atoms with van der Waals surface area (Å²) in [6, 6.07) is -0.194. The van der Waals surface area contributed by atoms with Crippen LogP contribution in [0.25, 0.3) is 0 Å². The highest BCUT2D eigenvalue weighted by molar-refractivity contribution is 5.84. The van der Waals surface area contributed by atoms with Gasteiger partial charge in [-0.25, -0.2) is 0 Å². The summed E-state index contributed by atoms with van der Waals surface area (Å²) in [6.45, 7) is 3.98. The molecule has 2 aliphatic rings. The van der Waals surface area contributed by atoms with Crippen molar-refractivity contribution >= 4 is 12.3 Å². The van der Waals surface area contributed by atoms with Crippen LogP contribution in [-0.2, 0) is 9.59 Å². The molecule has 0 aromatic rings. The van der Waals surface area contributed by atoms with Crippen LogP contribution in [0.15, 0.2) is 0 Å². The van der Waals surface area contributed by atoms with Crippen LogP contribution in [0.3, 0.4) is 0 Å². The molecule has 0 unspecified atom stereocenters. The van der Waals surface area contributed by atoms with Gasteiger partial charge in [0.15, 0.2) is 0 Å². The lowest BCUT2D eigenvalue weighted by Gasteiger charge is -2.31. The molecule has 5 heteroatoms. The maximum atomic E-state index is 12.1. The van der Waals surface area contributed by atoms with E-state index in [9.17, 15) is 9.59 Å². The number of carbonyl (C=O) groups excluding carboxylic acids is 2. The number of hydrogen-bond donors (Lipinski definition) is 1. The minimum Gasteiger partial charge on any atom is -0.338 e. The Hall–Kier alpha value is -1.10. The van der Waals surface area contributed by atoms with Crippen molar-refractivity contribution in [3.05, 3.63) is 0 Å². The van der Waals surface area contributed by atoms with Gasteiger partial charge in [-0.3, -0.25) is 9.59 Å². The van der Waals surface area contributed by atoms with Crippen LogP contribution in [-0.4, -0.2) is 60.9 Å². The van der Waals surface area contributed by atoms with E-state index < -0.39 is 0 Å². The Morgan fingerprint density at radius 2 is 2.00 bits per heavy atom. The molecule has 2 heterocycles. The second kappa shape index (κ2) is 4.61. The molecule has 5 nitrogen and oxygen atoms in total. The molecular weight excluding hydrogens is 194 g/mol. The van der Waals surface area contributed by atoms with E-state index in [1.807, 2.05) is 4.90 Å². The molecule has 15 heavy (non-hydrogen) atoms. The highest BCUT2D eigenvalue weighted by Crippen LogP contribution is 2.17. The zero-order valence-corrected chi connectivity index (χ0v) is 8.82. The van der Waals surface area contributed by atoms with Crippen molar-refractivity contribution < 1.29 is 9.59 Å². The number of carbonyl (C=O) groups is 2. The standard InChI is InChI=1S/C10H17N3O2/c14-8-13-5-1-2-9(13)10(15)12-6-3-11-4-7-12/h8-9,11H,1-7H2/t9-/m0/s1. The van der Waals surface area contributed by atoms with Crippen LogP contribution in [0.2, 0.25) is 0 Å². The Kier molecular flexibility index (Phi) is 3.20.